The molecular weight excluding hydrogens is 274 g/mol. The van der Waals surface area contributed by atoms with Gasteiger partial charge in [0.05, 0.1) is 15.9 Å². The van der Waals surface area contributed by atoms with E-state index in [1.165, 1.54) is 17.8 Å². The van der Waals surface area contributed by atoms with Crippen LogP contribution in [0, 0.1) is 21.4 Å². The van der Waals surface area contributed by atoms with Crippen LogP contribution in [0.25, 0.3) is 0 Å². The Labute approximate surface area is 123 Å². The van der Waals surface area contributed by atoms with Gasteiger partial charge in [-0.1, -0.05) is 12.1 Å². The Morgan fingerprint density at radius 1 is 1.45 bits per heavy atom. The minimum Gasteiger partial charge on any atom is -0.303 e. The van der Waals surface area contributed by atoms with Gasteiger partial charge in [0.2, 0.25) is 0 Å². The van der Waals surface area contributed by atoms with E-state index in [-0.39, 0.29) is 10.6 Å². The Morgan fingerprint density at radius 2 is 2.15 bits per heavy atom. The van der Waals surface area contributed by atoms with Crippen molar-refractivity contribution in [2.75, 3.05) is 12.8 Å². The molecule has 108 valence electrons. The molecule has 1 unspecified atom stereocenters. The van der Waals surface area contributed by atoms with Gasteiger partial charge in [-0.25, -0.2) is 0 Å². The Bertz CT molecular complexity index is 501. The van der Waals surface area contributed by atoms with Crippen LogP contribution in [0.3, 0.4) is 0 Å². The fraction of sp³-hybridized carbons (Fsp3) is 0.500. The number of nitrogens with one attached hydrogen (secondary N) is 1. The van der Waals surface area contributed by atoms with Crippen molar-refractivity contribution in [2.45, 2.75) is 36.6 Å². The molecule has 0 aliphatic rings. The Morgan fingerprint density at radius 3 is 2.75 bits per heavy atom. The molecule has 1 aromatic rings. The first-order valence-corrected chi connectivity index (χ1v) is 7.47. The minimum absolute atomic E-state index is 0.162. The first-order chi connectivity index (χ1) is 9.52. The molecule has 5 nitrogen and oxygen atoms in total. The second-order valence-electron chi connectivity index (χ2n) is 4.72. The van der Waals surface area contributed by atoms with Crippen molar-refractivity contribution in [3.8, 4) is 6.07 Å². The third-order valence-corrected chi connectivity index (χ3v) is 4.34. The molecule has 0 bridgehead atoms. The third kappa shape index (κ3) is 4.83. The standard InChI is InChI=1S/C14H19N3O2S/c1-14(11-15,16-2)9-5-6-10-20-13-8-4-3-7-12(13)17(18)19/h3-4,7-8,16H,5-6,9-10H2,1-2H3. The molecule has 20 heavy (non-hydrogen) atoms. The van der Waals surface area contributed by atoms with Crippen molar-refractivity contribution in [1.29, 1.82) is 5.26 Å². The Kier molecular flexibility index (Phi) is 6.49. The van der Waals surface area contributed by atoms with Crippen LogP contribution < -0.4 is 5.32 Å². The van der Waals surface area contributed by atoms with Gasteiger partial charge in [-0.2, -0.15) is 5.26 Å². The summed E-state index contributed by atoms with van der Waals surface area (Å²) in [5.74, 6) is 0.816. The van der Waals surface area contributed by atoms with E-state index in [4.69, 9.17) is 5.26 Å². The van der Waals surface area contributed by atoms with Gasteiger partial charge >= 0.3 is 0 Å². The van der Waals surface area contributed by atoms with E-state index in [0.29, 0.717) is 4.90 Å². The molecule has 0 radical (unpaired) electrons. The number of hydrogen-bond acceptors (Lipinski definition) is 5. The highest BCUT2D eigenvalue weighted by Crippen LogP contribution is 2.29. The molecule has 1 rings (SSSR count). The van der Waals surface area contributed by atoms with Crippen LogP contribution in [0.1, 0.15) is 26.2 Å². The smallest absolute Gasteiger partial charge is 0.282 e. The van der Waals surface area contributed by atoms with Gasteiger partial charge in [-0.05, 0) is 45.1 Å². The van der Waals surface area contributed by atoms with E-state index in [0.717, 1.165) is 25.0 Å². The number of rotatable bonds is 8. The minimum atomic E-state index is -0.483. The summed E-state index contributed by atoms with van der Waals surface area (Å²) in [6.45, 7) is 1.88. The van der Waals surface area contributed by atoms with E-state index >= 15 is 0 Å². The molecule has 0 aliphatic carbocycles. The Balaban J connectivity index is 2.39. The van der Waals surface area contributed by atoms with Crippen molar-refractivity contribution >= 4 is 17.4 Å². The number of hydrogen-bond donors (Lipinski definition) is 1. The maximum absolute atomic E-state index is 10.9. The number of nitrogens with zero attached hydrogens (tertiary/aromatic N) is 2. The largest absolute Gasteiger partial charge is 0.303 e. The van der Waals surface area contributed by atoms with Crippen LogP contribution in [0.5, 0.6) is 0 Å². The highest BCUT2D eigenvalue weighted by atomic mass is 32.2. The molecule has 0 aliphatic heterocycles. The lowest BCUT2D eigenvalue weighted by Gasteiger charge is -2.20. The van der Waals surface area contributed by atoms with Crippen molar-refractivity contribution < 1.29 is 4.92 Å². The summed E-state index contributed by atoms with van der Waals surface area (Å²) in [7, 11) is 1.78. The fourth-order valence-corrected chi connectivity index (χ4v) is 2.76. The second kappa shape index (κ2) is 7.88. The zero-order chi connectivity index (χ0) is 15.0. The Hall–Kier alpha value is -1.58. The summed E-state index contributed by atoms with van der Waals surface area (Å²) < 4.78 is 0. The van der Waals surface area contributed by atoms with Crippen LogP contribution in [-0.2, 0) is 0 Å². The monoisotopic (exact) mass is 293 g/mol. The number of nitro benzene ring substituents is 1. The van der Waals surface area contributed by atoms with Crippen LogP contribution in [0.4, 0.5) is 5.69 Å². The second-order valence-corrected chi connectivity index (χ2v) is 5.86. The van der Waals surface area contributed by atoms with Gasteiger partial charge in [-0.15, -0.1) is 11.8 Å². The first kappa shape index (κ1) is 16.5. The van der Waals surface area contributed by atoms with Crippen molar-refractivity contribution in [3.05, 3.63) is 34.4 Å². The zero-order valence-electron chi connectivity index (χ0n) is 11.8. The molecule has 0 saturated carbocycles. The molecule has 0 aromatic heterocycles. The number of para-hydroxylation sites is 1. The SMILES string of the molecule is CNC(C)(C#N)CCCCSc1ccccc1[N+](=O)[O-]. The van der Waals surface area contributed by atoms with Crippen LogP contribution >= 0.6 is 11.8 Å². The summed E-state index contributed by atoms with van der Waals surface area (Å²) in [5.41, 5.74) is -0.321. The molecule has 0 fully saturated rings. The molecule has 0 heterocycles. The van der Waals surface area contributed by atoms with Crippen molar-refractivity contribution in [3.63, 3.8) is 0 Å². The van der Waals surface area contributed by atoms with Crippen LogP contribution in [-0.4, -0.2) is 23.3 Å². The summed E-state index contributed by atoms with van der Waals surface area (Å²) in [5, 5.41) is 22.9. The highest BCUT2D eigenvalue weighted by molar-refractivity contribution is 7.99. The molecule has 6 heteroatoms. The number of benzene rings is 1. The summed E-state index contributed by atoms with van der Waals surface area (Å²) in [6.07, 6.45) is 2.62. The maximum Gasteiger partial charge on any atom is 0.282 e. The van der Waals surface area contributed by atoms with E-state index in [1.807, 2.05) is 13.0 Å². The van der Waals surface area contributed by atoms with Crippen LogP contribution in [0.15, 0.2) is 29.2 Å². The van der Waals surface area contributed by atoms with E-state index in [2.05, 4.69) is 11.4 Å². The molecule has 1 atom stereocenters. The molecular formula is C14H19N3O2S. The number of unbranched alkanes of at least 4 members (excludes halogenated alkanes) is 1. The fourth-order valence-electron chi connectivity index (χ4n) is 1.73. The predicted molar refractivity (Wildman–Crippen MR) is 80.7 cm³/mol. The number of nitriles is 1. The van der Waals surface area contributed by atoms with E-state index < -0.39 is 5.54 Å². The summed E-state index contributed by atoms with van der Waals surface area (Å²) in [6, 6.07) is 9.03. The van der Waals surface area contributed by atoms with Crippen molar-refractivity contribution in [2.24, 2.45) is 0 Å². The number of nitro groups is 1. The normalized spacial score (nSPS) is 13.4. The van der Waals surface area contributed by atoms with Gasteiger partial charge in [0.1, 0.15) is 5.54 Å². The number of thioether (sulfide) groups is 1. The van der Waals surface area contributed by atoms with Gasteiger partial charge in [0.15, 0.2) is 0 Å². The average molecular weight is 293 g/mol. The van der Waals surface area contributed by atoms with E-state index in [9.17, 15) is 10.1 Å². The molecule has 0 spiro atoms. The summed E-state index contributed by atoms with van der Waals surface area (Å²) >= 11 is 1.50. The molecule has 1 aromatic carbocycles. The maximum atomic E-state index is 10.9. The average Bonchev–Trinajstić information content (AvgIpc) is 2.47. The topological polar surface area (TPSA) is 79.0 Å². The lowest BCUT2D eigenvalue weighted by molar-refractivity contribution is -0.387. The molecule has 0 saturated heterocycles. The lowest BCUT2D eigenvalue weighted by atomic mass is 9.97. The summed E-state index contributed by atoms with van der Waals surface area (Å²) in [4.78, 5) is 11.2. The highest BCUT2D eigenvalue weighted by Gasteiger charge is 2.20. The first-order valence-electron chi connectivity index (χ1n) is 6.49. The van der Waals surface area contributed by atoms with Gasteiger partial charge in [0.25, 0.3) is 5.69 Å². The predicted octanol–water partition coefficient (Wildman–Crippen LogP) is 3.36. The molecule has 0 amide bonds. The third-order valence-electron chi connectivity index (χ3n) is 3.19. The van der Waals surface area contributed by atoms with E-state index in [1.54, 1.807) is 19.2 Å². The van der Waals surface area contributed by atoms with Crippen molar-refractivity contribution in [1.82, 2.24) is 5.32 Å². The zero-order valence-corrected chi connectivity index (χ0v) is 12.6. The van der Waals surface area contributed by atoms with Crippen LogP contribution in [0.2, 0.25) is 0 Å². The van der Waals surface area contributed by atoms with Gasteiger partial charge in [0, 0.05) is 6.07 Å². The quantitative estimate of drug-likeness (QED) is 0.344. The lowest BCUT2D eigenvalue weighted by Crippen LogP contribution is -2.37. The molecule has 1 N–H and O–H groups in total. The van der Waals surface area contributed by atoms with Gasteiger partial charge < -0.3 is 5.32 Å². The van der Waals surface area contributed by atoms with Gasteiger partial charge in [-0.3, -0.25) is 10.1 Å².